The molecule has 0 aliphatic rings. The normalized spacial score (nSPS) is 13.8. The molecule has 2 unspecified atom stereocenters. The molecule has 0 aliphatic heterocycles. The molecule has 0 saturated heterocycles. The molecular formula is C38H70NO8P. The van der Waals surface area contributed by atoms with E-state index >= 15 is 0 Å². The van der Waals surface area contributed by atoms with E-state index in [0.717, 1.165) is 64.2 Å². The number of hydrogen-bond donors (Lipinski definition) is 3. The second kappa shape index (κ2) is 35.1. The third kappa shape index (κ3) is 35.5. The second-order valence-electron chi connectivity index (χ2n) is 12.5. The van der Waals surface area contributed by atoms with Crippen LogP contribution in [0.5, 0.6) is 0 Å². The first kappa shape index (κ1) is 46.2. The molecule has 1 amide bonds. The highest BCUT2D eigenvalue weighted by molar-refractivity contribution is 7.47. The van der Waals surface area contributed by atoms with Crippen molar-refractivity contribution >= 4 is 19.7 Å². The summed E-state index contributed by atoms with van der Waals surface area (Å²) < 4.78 is 26.7. The number of rotatable bonds is 35. The minimum absolute atomic E-state index is 0.0661. The summed E-state index contributed by atoms with van der Waals surface area (Å²) >= 11 is 0. The van der Waals surface area contributed by atoms with Gasteiger partial charge in [0.05, 0.1) is 13.2 Å². The van der Waals surface area contributed by atoms with Crippen LogP contribution in [-0.2, 0) is 27.9 Å². The van der Waals surface area contributed by atoms with Crippen molar-refractivity contribution in [3.05, 3.63) is 36.5 Å². The SMILES string of the molecule is CC/C=C\C/C=C\C/C=C\CCCCCC(=O)NCCOP(=O)(O)OCC(O)COC(=O)CCCCCCCCCCCCCCCC. The first-order valence-electron chi connectivity index (χ1n) is 19.0. The largest absolute Gasteiger partial charge is 0.472 e. The number of allylic oxidation sites excluding steroid dienone is 6. The van der Waals surface area contributed by atoms with Gasteiger partial charge in [-0.2, -0.15) is 0 Å². The zero-order chi connectivity index (χ0) is 35.4. The summed E-state index contributed by atoms with van der Waals surface area (Å²) in [4.78, 5) is 33.7. The van der Waals surface area contributed by atoms with Gasteiger partial charge in [0, 0.05) is 19.4 Å². The predicted molar refractivity (Wildman–Crippen MR) is 197 cm³/mol. The first-order valence-corrected chi connectivity index (χ1v) is 20.5. The van der Waals surface area contributed by atoms with Crippen LogP contribution in [0.25, 0.3) is 0 Å². The number of hydrogen-bond acceptors (Lipinski definition) is 7. The zero-order valence-corrected chi connectivity index (χ0v) is 31.3. The molecule has 0 saturated carbocycles. The van der Waals surface area contributed by atoms with Gasteiger partial charge in [0.2, 0.25) is 5.91 Å². The maximum atomic E-state index is 12.0. The molecule has 9 nitrogen and oxygen atoms in total. The number of nitrogens with one attached hydrogen (secondary N) is 1. The summed E-state index contributed by atoms with van der Waals surface area (Å²) in [5.74, 6) is -0.546. The molecule has 0 aromatic rings. The Labute approximate surface area is 293 Å². The fraction of sp³-hybridized carbons (Fsp3) is 0.789. The number of carbonyl (C=O) groups excluding carboxylic acids is 2. The molecule has 0 fully saturated rings. The Balaban J connectivity index is 3.65. The summed E-state index contributed by atoms with van der Waals surface area (Å²) in [5.41, 5.74) is 0. The van der Waals surface area contributed by atoms with Crippen molar-refractivity contribution in [2.45, 2.75) is 168 Å². The highest BCUT2D eigenvalue weighted by Crippen LogP contribution is 2.42. The number of esters is 1. The van der Waals surface area contributed by atoms with Crippen LogP contribution in [0.4, 0.5) is 0 Å². The molecule has 0 rings (SSSR count). The lowest BCUT2D eigenvalue weighted by molar-refractivity contribution is -0.147. The highest BCUT2D eigenvalue weighted by atomic mass is 31.2. The minimum atomic E-state index is -4.42. The minimum Gasteiger partial charge on any atom is -0.463 e. The van der Waals surface area contributed by atoms with Crippen LogP contribution in [0.3, 0.4) is 0 Å². The Morgan fingerprint density at radius 3 is 1.79 bits per heavy atom. The maximum Gasteiger partial charge on any atom is 0.472 e. The third-order valence-corrected chi connectivity index (χ3v) is 8.82. The average molecular weight is 700 g/mol. The van der Waals surface area contributed by atoms with Gasteiger partial charge in [0.25, 0.3) is 0 Å². The molecule has 280 valence electrons. The van der Waals surface area contributed by atoms with E-state index in [-0.39, 0.29) is 32.1 Å². The number of phosphoric acid groups is 1. The van der Waals surface area contributed by atoms with Crippen LogP contribution in [0, 0.1) is 0 Å². The fourth-order valence-electron chi connectivity index (χ4n) is 4.98. The number of aliphatic hydroxyl groups is 1. The van der Waals surface area contributed by atoms with Crippen molar-refractivity contribution in [1.82, 2.24) is 5.32 Å². The Morgan fingerprint density at radius 1 is 0.667 bits per heavy atom. The zero-order valence-electron chi connectivity index (χ0n) is 30.4. The quantitative estimate of drug-likeness (QED) is 0.0258. The molecule has 0 aromatic heterocycles. The number of ether oxygens (including phenoxy) is 1. The van der Waals surface area contributed by atoms with Crippen molar-refractivity contribution in [3.63, 3.8) is 0 Å². The van der Waals surface area contributed by atoms with Gasteiger partial charge in [0.1, 0.15) is 12.7 Å². The van der Waals surface area contributed by atoms with Gasteiger partial charge in [-0.1, -0.05) is 140 Å². The molecule has 10 heteroatoms. The molecule has 0 aliphatic carbocycles. The van der Waals surface area contributed by atoms with Gasteiger partial charge in [-0.3, -0.25) is 18.6 Å². The molecule has 0 bridgehead atoms. The summed E-state index contributed by atoms with van der Waals surface area (Å²) in [5, 5.41) is 12.6. The van der Waals surface area contributed by atoms with E-state index < -0.39 is 26.5 Å². The fourth-order valence-corrected chi connectivity index (χ4v) is 5.74. The van der Waals surface area contributed by atoms with Crippen molar-refractivity contribution in [2.75, 3.05) is 26.4 Å². The maximum absolute atomic E-state index is 12.0. The molecule has 0 spiro atoms. The number of carbonyl (C=O) groups is 2. The smallest absolute Gasteiger partial charge is 0.463 e. The van der Waals surface area contributed by atoms with E-state index in [4.69, 9.17) is 13.8 Å². The topological polar surface area (TPSA) is 131 Å². The molecule has 0 radical (unpaired) electrons. The van der Waals surface area contributed by atoms with Gasteiger partial charge in [0.15, 0.2) is 0 Å². The van der Waals surface area contributed by atoms with E-state index in [1.165, 1.54) is 70.6 Å². The van der Waals surface area contributed by atoms with E-state index in [1.54, 1.807) is 0 Å². The monoisotopic (exact) mass is 699 g/mol. The molecule has 0 aromatic carbocycles. The van der Waals surface area contributed by atoms with Gasteiger partial charge in [-0.15, -0.1) is 0 Å². The number of aliphatic hydroxyl groups excluding tert-OH is 1. The van der Waals surface area contributed by atoms with Crippen LogP contribution < -0.4 is 5.32 Å². The molecule has 3 N–H and O–H groups in total. The summed E-state index contributed by atoms with van der Waals surface area (Å²) in [6.07, 6.45) is 36.5. The summed E-state index contributed by atoms with van der Waals surface area (Å²) in [6.45, 7) is 3.39. The lowest BCUT2D eigenvalue weighted by Gasteiger charge is -2.15. The van der Waals surface area contributed by atoms with Crippen LogP contribution in [0.1, 0.15) is 162 Å². The van der Waals surface area contributed by atoms with E-state index in [9.17, 15) is 24.2 Å². The molecule has 48 heavy (non-hydrogen) atoms. The van der Waals surface area contributed by atoms with Gasteiger partial charge in [-0.25, -0.2) is 4.57 Å². The highest BCUT2D eigenvalue weighted by Gasteiger charge is 2.23. The van der Waals surface area contributed by atoms with Crippen molar-refractivity contribution in [3.8, 4) is 0 Å². The van der Waals surface area contributed by atoms with E-state index in [2.05, 4.69) is 55.6 Å². The van der Waals surface area contributed by atoms with Gasteiger partial charge in [-0.05, 0) is 44.9 Å². The number of unbranched alkanes of at least 4 members (excludes halogenated alkanes) is 16. The standard InChI is InChI=1S/C38H70NO8P/c1-3-5-7-9-11-13-15-17-19-21-23-25-27-29-31-38(42)45-34-36(40)35-47-48(43,44)46-33-32-39-37(41)30-28-26-24-22-20-18-16-14-12-10-8-6-4-2/h6,8,12,14,18,20,36,40H,3-5,7,9-11,13,15-17,19,21-35H2,1-2H3,(H,39,41)(H,43,44)/b8-6-,14-12-,20-18-. The number of phosphoric ester groups is 1. The molecule has 2 atom stereocenters. The van der Waals surface area contributed by atoms with Crippen molar-refractivity contribution < 1.29 is 37.9 Å². The first-order chi connectivity index (χ1) is 23.3. The van der Waals surface area contributed by atoms with Crippen LogP contribution >= 0.6 is 7.82 Å². The molecular weight excluding hydrogens is 629 g/mol. The predicted octanol–water partition coefficient (Wildman–Crippen LogP) is 9.82. The summed E-state index contributed by atoms with van der Waals surface area (Å²) in [7, 11) is -4.42. The Morgan fingerprint density at radius 2 is 1.19 bits per heavy atom. The summed E-state index contributed by atoms with van der Waals surface area (Å²) in [6, 6.07) is 0. The van der Waals surface area contributed by atoms with E-state index in [1.807, 2.05) is 0 Å². The van der Waals surface area contributed by atoms with Gasteiger partial charge >= 0.3 is 13.8 Å². The van der Waals surface area contributed by atoms with Gasteiger partial charge < -0.3 is 20.1 Å². The van der Waals surface area contributed by atoms with Crippen LogP contribution in [0.2, 0.25) is 0 Å². The molecule has 0 heterocycles. The third-order valence-electron chi connectivity index (χ3n) is 7.83. The van der Waals surface area contributed by atoms with Crippen molar-refractivity contribution in [2.24, 2.45) is 0 Å². The lowest BCUT2D eigenvalue weighted by atomic mass is 10.0. The Hall–Kier alpha value is -1.77. The van der Waals surface area contributed by atoms with Crippen molar-refractivity contribution in [1.29, 1.82) is 0 Å². The van der Waals surface area contributed by atoms with E-state index in [0.29, 0.717) is 6.42 Å². The average Bonchev–Trinajstić information content (AvgIpc) is 3.07. The lowest BCUT2D eigenvalue weighted by Crippen LogP contribution is -2.27. The van der Waals surface area contributed by atoms with Crippen LogP contribution in [-0.4, -0.2) is 54.3 Å². The number of amides is 1. The Bertz CT molecular complexity index is 892. The van der Waals surface area contributed by atoms with Crippen LogP contribution in [0.15, 0.2) is 36.5 Å². The second-order valence-corrected chi connectivity index (χ2v) is 14.0. The Kier molecular flexibility index (Phi) is 33.8.